The standard InChI is InChI=1S/C16H25ClN2O2/c1-5-13(21-14-9-7-6-8-12(14)17)15(20)19(4)11-16(2,3)10-18/h6-9,13H,5,10-11,18H2,1-4H3. The van der Waals surface area contributed by atoms with Crippen LogP contribution in [0.25, 0.3) is 0 Å². The summed E-state index contributed by atoms with van der Waals surface area (Å²) in [7, 11) is 1.78. The molecule has 0 aliphatic rings. The zero-order chi connectivity index (χ0) is 16.0. The molecule has 0 aliphatic heterocycles. The topological polar surface area (TPSA) is 55.6 Å². The number of amides is 1. The van der Waals surface area contributed by atoms with Crippen LogP contribution in [-0.2, 0) is 4.79 Å². The smallest absolute Gasteiger partial charge is 0.263 e. The lowest BCUT2D eigenvalue weighted by molar-refractivity contribution is -0.138. The second kappa shape index (κ2) is 7.66. The van der Waals surface area contributed by atoms with Gasteiger partial charge in [-0.3, -0.25) is 4.79 Å². The van der Waals surface area contributed by atoms with Gasteiger partial charge in [-0.1, -0.05) is 44.5 Å². The molecular formula is C16H25ClN2O2. The lowest BCUT2D eigenvalue weighted by Crippen LogP contribution is -2.45. The fourth-order valence-corrected chi connectivity index (χ4v) is 2.21. The third kappa shape index (κ3) is 5.21. The quantitative estimate of drug-likeness (QED) is 0.842. The normalized spacial score (nSPS) is 12.9. The third-order valence-corrected chi connectivity index (χ3v) is 3.66. The number of hydrogen-bond donors (Lipinski definition) is 1. The van der Waals surface area contributed by atoms with Crippen molar-refractivity contribution < 1.29 is 9.53 Å². The Morgan fingerprint density at radius 2 is 2.05 bits per heavy atom. The van der Waals surface area contributed by atoms with Crippen LogP contribution in [-0.4, -0.2) is 37.0 Å². The van der Waals surface area contributed by atoms with Crippen LogP contribution in [0.3, 0.4) is 0 Å². The predicted molar refractivity (Wildman–Crippen MR) is 86.6 cm³/mol. The van der Waals surface area contributed by atoms with Crippen molar-refractivity contribution in [2.45, 2.75) is 33.3 Å². The number of halogens is 1. The maximum Gasteiger partial charge on any atom is 0.263 e. The average Bonchev–Trinajstić information content (AvgIpc) is 2.45. The second-order valence-corrected chi connectivity index (χ2v) is 6.42. The number of benzene rings is 1. The summed E-state index contributed by atoms with van der Waals surface area (Å²) in [4.78, 5) is 14.2. The van der Waals surface area contributed by atoms with E-state index >= 15 is 0 Å². The van der Waals surface area contributed by atoms with E-state index in [-0.39, 0.29) is 11.3 Å². The molecule has 1 atom stereocenters. The molecule has 21 heavy (non-hydrogen) atoms. The van der Waals surface area contributed by atoms with Crippen molar-refractivity contribution in [3.8, 4) is 5.75 Å². The highest BCUT2D eigenvalue weighted by Crippen LogP contribution is 2.25. The number of ether oxygens (including phenoxy) is 1. The number of para-hydroxylation sites is 1. The molecule has 0 saturated carbocycles. The Hall–Kier alpha value is -1.26. The molecule has 1 aromatic rings. The van der Waals surface area contributed by atoms with Crippen LogP contribution in [0.4, 0.5) is 0 Å². The molecule has 1 aromatic carbocycles. The van der Waals surface area contributed by atoms with Gasteiger partial charge in [-0.15, -0.1) is 0 Å². The Labute approximate surface area is 132 Å². The van der Waals surface area contributed by atoms with Crippen molar-refractivity contribution in [3.05, 3.63) is 29.3 Å². The van der Waals surface area contributed by atoms with Gasteiger partial charge in [0.15, 0.2) is 6.10 Å². The summed E-state index contributed by atoms with van der Waals surface area (Å²) in [6.07, 6.45) is 0.0424. The Balaban J connectivity index is 2.76. The molecule has 0 fully saturated rings. The van der Waals surface area contributed by atoms with E-state index in [9.17, 15) is 4.79 Å². The van der Waals surface area contributed by atoms with Crippen molar-refractivity contribution in [1.29, 1.82) is 0 Å². The van der Waals surface area contributed by atoms with Crippen molar-refractivity contribution in [2.75, 3.05) is 20.1 Å². The second-order valence-electron chi connectivity index (χ2n) is 6.01. The van der Waals surface area contributed by atoms with Gasteiger partial charge in [-0.25, -0.2) is 0 Å². The first kappa shape index (κ1) is 17.8. The molecule has 2 N–H and O–H groups in total. The van der Waals surface area contributed by atoms with Crippen LogP contribution in [0.5, 0.6) is 5.75 Å². The first-order valence-corrected chi connectivity index (χ1v) is 7.54. The van der Waals surface area contributed by atoms with Gasteiger partial charge < -0.3 is 15.4 Å². The van der Waals surface area contributed by atoms with Crippen LogP contribution >= 0.6 is 11.6 Å². The van der Waals surface area contributed by atoms with E-state index < -0.39 is 6.10 Å². The van der Waals surface area contributed by atoms with Gasteiger partial charge in [0.1, 0.15) is 5.75 Å². The van der Waals surface area contributed by atoms with Gasteiger partial charge in [0.2, 0.25) is 0 Å². The molecule has 0 heterocycles. The largest absolute Gasteiger partial charge is 0.479 e. The molecule has 0 saturated heterocycles. The highest BCUT2D eigenvalue weighted by Gasteiger charge is 2.27. The lowest BCUT2D eigenvalue weighted by Gasteiger charge is -2.31. The molecule has 1 amide bonds. The van der Waals surface area contributed by atoms with E-state index in [4.69, 9.17) is 22.1 Å². The molecule has 0 aliphatic carbocycles. The Bertz CT molecular complexity index is 477. The Morgan fingerprint density at radius 1 is 1.43 bits per heavy atom. The molecule has 0 radical (unpaired) electrons. The van der Waals surface area contributed by atoms with E-state index in [0.717, 1.165) is 0 Å². The van der Waals surface area contributed by atoms with Crippen LogP contribution in [0.15, 0.2) is 24.3 Å². The number of nitrogens with two attached hydrogens (primary N) is 1. The molecule has 0 aromatic heterocycles. The Morgan fingerprint density at radius 3 is 2.57 bits per heavy atom. The summed E-state index contributed by atoms with van der Waals surface area (Å²) < 4.78 is 5.77. The van der Waals surface area contributed by atoms with Crippen molar-refractivity contribution in [2.24, 2.45) is 11.1 Å². The van der Waals surface area contributed by atoms with Crippen molar-refractivity contribution >= 4 is 17.5 Å². The fourth-order valence-electron chi connectivity index (χ4n) is 2.03. The minimum absolute atomic E-state index is 0.0565. The van der Waals surface area contributed by atoms with E-state index in [2.05, 4.69) is 0 Å². The van der Waals surface area contributed by atoms with Crippen molar-refractivity contribution in [1.82, 2.24) is 4.90 Å². The number of likely N-dealkylation sites (N-methyl/N-ethyl adjacent to an activating group) is 1. The minimum atomic E-state index is -0.538. The third-order valence-electron chi connectivity index (χ3n) is 3.35. The molecular weight excluding hydrogens is 288 g/mol. The zero-order valence-corrected chi connectivity index (χ0v) is 14.0. The summed E-state index contributed by atoms with van der Waals surface area (Å²) in [5.74, 6) is 0.477. The summed E-state index contributed by atoms with van der Waals surface area (Å²) in [6, 6.07) is 7.17. The summed E-state index contributed by atoms with van der Waals surface area (Å²) in [6.45, 7) is 7.10. The van der Waals surface area contributed by atoms with E-state index in [0.29, 0.717) is 30.3 Å². The molecule has 4 nitrogen and oxygen atoms in total. The van der Waals surface area contributed by atoms with Gasteiger partial charge >= 0.3 is 0 Å². The maximum absolute atomic E-state index is 12.5. The number of carbonyl (C=O) groups excluding carboxylic acids is 1. The predicted octanol–water partition coefficient (Wildman–Crippen LogP) is 2.94. The maximum atomic E-state index is 12.5. The molecule has 1 rings (SSSR count). The summed E-state index contributed by atoms with van der Waals surface area (Å²) in [5, 5.41) is 0.508. The first-order chi connectivity index (χ1) is 9.80. The number of carbonyl (C=O) groups is 1. The van der Waals surface area contributed by atoms with Crippen LogP contribution < -0.4 is 10.5 Å². The van der Waals surface area contributed by atoms with E-state index in [1.165, 1.54) is 0 Å². The van der Waals surface area contributed by atoms with Crippen LogP contribution in [0, 0.1) is 5.41 Å². The van der Waals surface area contributed by atoms with Gasteiger partial charge in [0.05, 0.1) is 5.02 Å². The Kier molecular flexibility index (Phi) is 6.49. The van der Waals surface area contributed by atoms with Gasteiger partial charge in [-0.2, -0.15) is 0 Å². The van der Waals surface area contributed by atoms with E-state index in [1.807, 2.05) is 32.9 Å². The number of rotatable bonds is 7. The molecule has 118 valence electrons. The highest BCUT2D eigenvalue weighted by atomic mass is 35.5. The molecule has 5 heteroatoms. The molecule has 1 unspecified atom stereocenters. The van der Waals surface area contributed by atoms with Crippen LogP contribution in [0.2, 0.25) is 5.02 Å². The van der Waals surface area contributed by atoms with Gasteiger partial charge in [0, 0.05) is 13.6 Å². The summed E-state index contributed by atoms with van der Waals surface area (Å²) in [5.41, 5.74) is 5.60. The fraction of sp³-hybridized carbons (Fsp3) is 0.562. The summed E-state index contributed by atoms with van der Waals surface area (Å²) >= 11 is 6.07. The van der Waals surface area contributed by atoms with E-state index in [1.54, 1.807) is 24.1 Å². The van der Waals surface area contributed by atoms with Gasteiger partial charge in [0.25, 0.3) is 5.91 Å². The molecule has 0 bridgehead atoms. The van der Waals surface area contributed by atoms with Crippen LogP contribution in [0.1, 0.15) is 27.2 Å². The monoisotopic (exact) mass is 312 g/mol. The number of hydrogen-bond acceptors (Lipinski definition) is 3. The zero-order valence-electron chi connectivity index (χ0n) is 13.2. The number of nitrogens with zero attached hydrogens (tertiary/aromatic N) is 1. The SMILES string of the molecule is CCC(Oc1ccccc1Cl)C(=O)N(C)CC(C)(C)CN. The first-order valence-electron chi connectivity index (χ1n) is 7.17. The lowest BCUT2D eigenvalue weighted by atomic mass is 9.93. The molecule has 0 spiro atoms. The minimum Gasteiger partial charge on any atom is -0.479 e. The highest BCUT2D eigenvalue weighted by molar-refractivity contribution is 6.32. The average molecular weight is 313 g/mol. The van der Waals surface area contributed by atoms with Gasteiger partial charge in [-0.05, 0) is 30.5 Å². The van der Waals surface area contributed by atoms with Crippen molar-refractivity contribution in [3.63, 3.8) is 0 Å².